The Morgan fingerprint density at radius 1 is 0.913 bits per heavy atom. The monoisotopic (exact) mass is 698 g/mol. The average molecular weight is 699 g/mol. The minimum absolute atomic E-state index is 0.132. The van der Waals surface area contributed by atoms with Crippen LogP contribution in [0.1, 0.15) is 30.3 Å². The van der Waals surface area contributed by atoms with Crippen molar-refractivity contribution < 1.29 is 30.5 Å². The lowest BCUT2D eigenvalue weighted by Crippen LogP contribution is -2.38. The first-order valence-corrected chi connectivity index (χ1v) is 19.4. The quantitative estimate of drug-likeness (QED) is 0.162. The molecule has 0 saturated carbocycles. The van der Waals surface area contributed by atoms with Gasteiger partial charge in [0.1, 0.15) is 4.66 Å². The van der Waals surface area contributed by atoms with Crippen molar-refractivity contribution in [1.82, 2.24) is 4.57 Å². The number of rotatable bonds is 12. The van der Waals surface area contributed by atoms with Gasteiger partial charge in [-0.25, -0.2) is 16.8 Å². The maximum Gasteiger partial charge on any atom is 0.269 e. The molecule has 0 radical (unpaired) electrons. The summed E-state index contributed by atoms with van der Waals surface area (Å²) in [6.07, 6.45) is 9.71. The third-order valence-corrected chi connectivity index (χ3v) is 10.9. The Morgan fingerprint density at radius 2 is 1.61 bits per heavy atom. The average Bonchev–Trinajstić information content (AvgIpc) is 3.55. The van der Waals surface area contributed by atoms with Crippen molar-refractivity contribution in [2.75, 3.05) is 23.0 Å². The number of benzene rings is 2. The highest BCUT2D eigenvalue weighted by Crippen LogP contribution is 2.32. The second kappa shape index (κ2) is 14.4. The van der Waals surface area contributed by atoms with Crippen LogP contribution < -0.4 is 24.2 Å². The molecule has 242 valence electrons. The molecule has 0 aliphatic carbocycles. The highest BCUT2D eigenvalue weighted by Gasteiger charge is 2.21. The minimum Gasteiger partial charge on any atom is -0.748 e. The van der Waals surface area contributed by atoms with Crippen LogP contribution in [0.25, 0.3) is 29.0 Å². The van der Waals surface area contributed by atoms with Crippen molar-refractivity contribution >= 4 is 66.3 Å². The second-order valence-electron chi connectivity index (χ2n) is 10.5. The molecule has 46 heavy (non-hydrogen) atoms. The van der Waals surface area contributed by atoms with Crippen LogP contribution in [0.15, 0.2) is 83.1 Å². The van der Waals surface area contributed by atoms with Crippen molar-refractivity contribution in [1.29, 1.82) is 0 Å². The zero-order valence-corrected chi connectivity index (χ0v) is 28.2. The van der Waals surface area contributed by atoms with Crippen molar-refractivity contribution in [3.05, 3.63) is 108 Å². The first kappa shape index (κ1) is 33.7. The number of para-hydroxylation sites is 1. The third kappa shape index (κ3) is 8.37. The zero-order chi connectivity index (χ0) is 32.9. The predicted octanol–water partition coefficient (Wildman–Crippen LogP) is 2.84. The summed E-state index contributed by atoms with van der Waals surface area (Å²) in [4.78, 5) is 15.4. The van der Waals surface area contributed by atoms with Crippen LogP contribution in [0.3, 0.4) is 0 Å². The molecule has 1 aliphatic heterocycles. The smallest absolute Gasteiger partial charge is 0.269 e. The Bertz CT molecular complexity index is 2180. The molecule has 1 aliphatic rings. The number of aromatic nitrogens is 2. The molecule has 0 unspecified atom stereocenters. The van der Waals surface area contributed by atoms with Crippen LogP contribution in [0.4, 0.5) is 5.69 Å². The van der Waals surface area contributed by atoms with Crippen LogP contribution in [0, 0.1) is 0 Å². The van der Waals surface area contributed by atoms with Gasteiger partial charge in [-0.1, -0.05) is 53.8 Å². The maximum atomic E-state index is 13.5. The predicted molar refractivity (Wildman–Crippen MR) is 181 cm³/mol. The lowest BCUT2D eigenvalue weighted by atomic mass is 9.99. The summed E-state index contributed by atoms with van der Waals surface area (Å²) < 4.78 is 72.0. The van der Waals surface area contributed by atoms with Crippen molar-refractivity contribution in [3.8, 4) is 11.3 Å². The molecular weight excluding hydrogens is 667 g/mol. The molecule has 5 rings (SSSR count). The molecule has 0 atom stereocenters. The normalized spacial score (nSPS) is 15.2. The van der Waals surface area contributed by atoms with E-state index in [1.54, 1.807) is 10.6 Å². The lowest BCUT2D eigenvalue weighted by Gasteiger charge is -2.27. The van der Waals surface area contributed by atoms with E-state index >= 15 is 0 Å². The van der Waals surface area contributed by atoms with E-state index in [0.29, 0.717) is 24.2 Å². The van der Waals surface area contributed by atoms with E-state index in [9.17, 15) is 30.7 Å². The standard InChI is InChI=1S/C32H33N3O7S4/c1-2-34-31(22-30-35(18-9-21-46(40,41)42)28(23-43-30)25-10-4-3-5-11-25)44-29(32(34)36)15-14-24-16-19-33(17-8-20-45(37,38)39)27-13-7-6-12-26(24)27/h3-7,10-16,19,22-23H,2,8-9,17-18,20-21H2,1H3,(H-,37,38,39,40,41,42)/p-1/b24-14+,29-15+. The SMILES string of the molecule is CCn1c(=O)/c(=C\C=C2/C=CN(CCCS(=O)(=O)[O-])c3ccccc32)s/c1=C\c1scc(-c2ccccc2)[n+]1CCCS(=O)(=O)[O-]. The maximum absolute atomic E-state index is 13.5. The second-order valence-corrected chi connectivity index (χ2v) is 15.5. The fourth-order valence-electron chi connectivity index (χ4n) is 5.23. The van der Waals surface area contributed by atoms with Gasteiger partial charge in [-0.2, -0.15) is 4.57 Å². The Morgan fingerprint density at radius 3 is 2.33 bits per heavy atom. The zero-order valence-electron chi connectivity index (χ0n) is 24.9. The van der Waals surface area contributed by atoms with Crippen LogP contribution in [0.5, 0.6) is 0 Å². The van der Waals surface area contributed by atoms with E-state index in [1.807, 2.05) is 101 Å². The van der Waals surface area contributed by atoms with E-state index in [2.05, 4.69) is 0 Å². The Labute approximate surface area is 275 Å². The summed E-state index contributed by atoms with van der Waals surface area (Å²) in [7, 11) is -8.64. The molecule has 0 fully saturated rings. The van der Waals surface area contributed by atoms with E-state index in [1.165, 1.54) is 22.7 Å². The molecular formula is C32H32N3O7S4-. The summed E-state index contributed by atoms with van der Waals surface area (Å²) in [6, 6.07) is 17.4. The molecule has 0 amide bonds. The number of hydrogen-bond acceptors (Lipinski definition) is 10. The summed E-state index contributed by atoms with van der Waals surface area (Å²) in [5.41, 5.74) is 4.39. The van der Waals surface area contributed by atoms with Crippen molar-refractivity contribution in [2.45, 2.75) is 32.9 Å². The van der Waals surface area contributed by atoms with Gasteiger partial charge in [-0.3, -0.25) is 9.36 Å². The van der Waals surface area contributed by atoms with Crippen molar-refractivity contribution in [2.24, 2.45) is 0 Å². The Hall–Kier alpha value is -3.66. The number of anilines is 1. The van der Waals surface area contributed by atoms with Crippen LogP contribution in [-0.4, -0.2) is 48.6 Å². The van der Waals surface area contributed by atoms with Crippen LogP contribution in [-0.2, 0) is 33.3 Å². The van der Waals surface area contributed by atoms with Gasteiger partial charge in [0.2, 0.25) is 5.69 Å². The lowest BCUT2D eigenvalue weighted by molar-refractivity contribution is -0.683. The molecule has 0 spiro atoms. The van der Waals surface area contributed by atoms with Gasteiger partial charge in [0.05, 0.1) is 36.2 Å². The van der Waals surface area contributed by atoms with Crippen molar-refractivity contribution in [3.63, 3.8) is 0 Å². The van der Waals surface area contributed by atoms with E-state index < -0.39 is 31.7 Å². The topological polar surface area (TPSA) is 144 Å². The van der Waals surface area contributed by atoms with Gasteiger partial charge < -0.3 is 14.0 Å². The van der Waals surface area contributed by atoms with E-state index in [-0.39, 0.29) is 18.4 Å². The largest absolute Gasteiger partial charge is 0.748 e. The fraction of sp³-hybridized carbons (Fsp3) is 0.250. The molecule has 0 bridgehead atoms. The Balaban J connectivity index is 1.51. The summed E-state index contributed by atoms with van der Waals surface area (Å²) >= 11 is 2.83. The molecule has 0 saturated heterocycles. The minimum atomic E-state index is -4.35. The first-order chi connectivity index (χ1) is 21.9. The highest BCUT2D eigenvalue weighted by atomic mass is 32.2. The number of fused-ring (bicyclic) bond motifs is 1. The summed E-state index contributed by atoms with van der Waals surface area (Å²) in [5.74, 6) is -0.897. The highest BCUT2D eigenvalue weighted by molar-refractivity contribution is 7.85. The summed E-state index contributed by atoms with van der Waals surface area (Å²) in [5, 5.41) is 2.81. The first-order valence-electron chi connectivity index (χ1n) is 14.5. The molecule has 14 heteroatoms. The summed E-state index contributed by atoms with van der Waals surface area (Å²) in [6.45, 7) is 3.05. The van der Waals surface area contributed by atoms with Crippen LogP contribution >= 0.6 is 22.7 Å². The Kier molecular flexibility index (Phi) is 10.6. The van der Waals surface area contributed by atoms with E-state index in [4.69, 9.17) is 0 Å². The molecule has 2 aromatic heterocycles. The molecule has 3 heterocycles. The van der Waals surface area contributed by atoms with E-state index in [0.717, 1.165) is 37.8 Å². The molecule has 4 aromatic rings. The fourth-order valence-corrected chi connectivity index (χ4v) is 8.31. The van der Waals surface area contributed by atoms with Gasteiger partial charge >= 0.3 is 0 Å². The molecule has 2 aromatic carbocycles. The van der Waals surface area contributed by atoms with Gasteiger partial charge in [-0.15, -0.1) is 11.3 Å². The van der Waals surface area contributed by atoms with Crippen LogP contribution in [0.2, 0.25) is 0 Å². The van der Waals surface area contributed by atoms with Gasteiger partial charge in [-0.05, 0) is 49.3 Å². The number of hydrogen-bond donors (Lipinski definition) is 0. The molecule has 0 N–H and O–H groups in total. The number of nitrogens with zero attached hydrogens (tertiary/aromatic N) is 3. The van der Waals surface area contributed by atoms with Gasteiger partial charge in [0.15, 0.2) is 6.54 Å². The number of thiazole rings is 2. The number of allylic oxidation sites excluding steroid dienone is 3. The van der Waals surface area contributed by atoms with Gasteiger partial charge in [0, 0.05) is 54.0 Å². The van der Waals surface area contributed by atoms with Gasteiger partial charge in [0.25, 0.3) is 10.6 Å². The third-order valence-electron chi connectivity index (χ3n) is 7.36. The molecule has 10 nitrogen and oxygen atoms in total.